The number of nitrogens with zero attached hydrogens (tertiary/aromatic N) is 1. The topological polar surface area (TPSA) is 41.6 Å². The molecule has 1 aromatic rings. The van der Waals surface area contributed by atoms with Crippen LogP contribution in [0.25, 0.3) is 0 Å². The first-order chi connectivity index (χ1) is 9.09. The number of hydrogen-bond acceptors (Lipinski definition) is 3. The number of carbonyl (C=O) groups is 1. The Morgan fingerprint density at radius 1 is 1.53 bits per heavy atom. The van der Waals surface area contributed by atoms with Gasteiger partial charge in [-0.05, 0) is 41.9 Å². The van der Waals surface area contributed by atoms with Crippen LogP contribution in [-0.4, -0.2) is 42.6 Å². The molecule has 2 atom stereocenters. The van der Waals surface area contributed by atoms with Gasteiger partial charge in [-0.3, -0.25) is 4.79 Å². The second-order valence-corrected chi connectivity index (χ2v) is 5.63. The molecule has 1 aromatic carbocycles. The van der Waals surface area contributed by atoms with E-state index in [2.05, 4.69) is 28.2 Å². The lowest BCUT2D eigenvalue weighted by molar-refractivity contribution is -0.140. The number of piperazine rings is 1. The van der Waals surface area contributed by atoms with Crippen LogP contribution in [-0.2, 0) is 4.79 Å². The van der Waals surface area contributed by atoms with E-state index in [1.54, 1.807) is 6.92 Å². The summed E-state index contributed by atoms with van der Waals surface area (Å²) in [4.78, 5) is 14.3. The zero-order valence-electron chi connectivity index (χ0n) is 11.2. The minimum absolute atomic E-state index is 0.0461. The van der Waals surface area contributed by atoms with Crippen LogP contribution >= 0.6 is 15.9 Å². The molecule has 1 saturated heterocycles. The Balaban J connectivity index is 2.01. The molecule has 5 heteroatoms. The summed E-state index contributed by atoms with van der Waals surface area (Å²) in [6, 6.07) is 7.79. The highest BCUT2D eigenvalue weighted by molar-refractivity contribution is 9.10. The van der Waals surface area contributed by atoms with Gasteiger partial charge >= 0.3 is 0 Å². The highest BCUT2D eigenvalue weighted by atomic mass is 79.9. The molecular weight excluding hydrogens is 308 g/mol. The molecule has 1 fully saturated rings. The minimum Gasteiger partial charge on any atom is -0.480 e. The number of para-hydroxylation sites is 1. The summed E-state index contributed by atoms with van der Waals surface area (Å²) in [6.45, 7) is 6.28. The molecule has 0 radical (unpaired) electrons. The summed E-state index contributed by atoms with van der Waals surface area (Å²) in [6.07, 6.45) is -0.473. The van der Waals surface area contributed by atoms with Gasteiger partial charge < -0.3 is 15.0 Å². The molecule has 2 unspecified atom stereocenters. The molecule has 1 N–H and O–H groups in total. The molecule has 0 aromatic heterocycles. The van der Waals surface area contributed by atoms with Gasteiger partial charge in [-0.15, -0.1) is 0 Å². The van der Waals surface area contributed by atoms with Crippen LogP contribution in [0.4, 0.5) is 0 Å². The van der Waals surface area contributed by atoms with Gasteiger partial charge in [-0.1, -0.05) is 12.1 Å². The zero-order chi connectivity index (χ0) is 13.8. The fraction of sp³-hybridized carbons (Fsp3) is 0.500. The van der Waals surface area contributed by atoms with Gasteiger partial charge in [0.1, 0.15) is 5.75 Å². The van der Waals surface area contributed by atoms with Crippen LogP contribution in [0.2, 0.25) is 0 Å². The van der Waals surface area contributed by atoms with Crippen molar-refractivity contribution in [1.82, 2.24) is 10.2 Å². The van der Waals surface area contributed by atoms with Crippen molar-refractivity contribution in [2.75, 3.05) is 19.6 Å². The van der Waals surface area contributed by atoms with E-state index in [0.717, 1.165) is 24.1 Å². The summed E-state index contributed by atoms with van der Waals surface area (Å²) in [7, 11) is 0. The highest BCUT2D eigenvalue weighted by Gasteiger charge is 2.28. The first-order valence-electron chi connectivity index (χ1n) is 6.52. The number of ether oxygens (including phenoxy) is 1. The second-order valence-electron chi connectivity index (χ2n) is 4.78. The Bertz CT molecular complexity index is 453. The second kappa shape index (κ2) is 6.39. The summed E-state index contributed by atoms with van der Waals surface area (Å²) < 4.78 is 6.61. The van der Waals surface area contributed by atoms with Gasteiger partial charge in [-0.25, -0.2) is 0 Å². The number of halogens is 1. The standard InChI is InChI=1S/C14H19BrN2O2/c1-10-9-16-7-8-17(10)14(18)11(2)19-13-6-4-3-5-12(13)15/h3-6,10-11,16H,7-9H2,1-2H3. The highest BCUT2D eigenvalue weighted by Crippen LogP contribution is 2.25. The molecule has 1 aliphatic heterocycles. The Morgan fingerprint density at radius 3 is 2.95 bits per heavy atom. The zero-order valence-corrected chi connectivity index (χ0v) is 12.8. The molecule has 4 nitrogen and oxygen atoms in total. The average molecular weight is 327 g/mol. The number of benzene rings is 1. The normalized spacial score (nSPS) is 21.0. The lowest BCUT2D eigenvalue weighted by Crippen LogP contribution is -2.55. The molecule has 1 heterocycles. The Hall–Kier alpha value is -1.07. The van der Waals surface area contributed by atoms with Crippen LogP contribution in [0, 0.1) is 0 Å². The van der Waals surface area contributed by atoms with E-state index in [0.29, 0.717) is 5.75 Å². The summed E-state index contributed by atoms with van der Waals surface area (Å²) in [5, 5.41) is 3.27. The minimum atomic E-state index is -0.473. The van der Waals surface area contributed by atoms with Gasteiger partial charge in [0.15, 0.2) is 6.10 Å². The molecule has 0 aliphatic carbocycles. The third-order valence-corrected chi connectivity index (χ3v) is 3.93. The third kappa shape index (κ3) is 3.48. The maximum Gasteiger partial charge on any atom is 0.263 e. The molecule has 104 valence electrons. The summed E-state index contributed by atoms with van der Waals surface area (Å²) in [5.41, 5.74) is 0. The van der Waals surface area contributed by atoms with Gasteiger partial charge in [0.2, 0.25) is 0 Å². The van der Waals surface area contributed by atoms with Crippen LogP contribution in [0.15, 0.2) is 28.7 Å². The summed E-state index contributed by atoms with van der Waals surface area (Å²) >= 11 is 3.42. The van der Waals surface area contributed by atoms with Gasteiger partial charge in [-0.2, -0.15) is 0 Å². The largest absolute Gasteiger partial charge is 0.480 e. The molecule has 0 saturated carbocycles. The number of rotatable bonds is 3. The van der Waals surface area contributed by atoms with Gasteiger partial charge in [0.05, 0.1) is 4.47 Å². The number of hydrogen-bond donors (Lipinski definition) is 1. The molecule has 0 spiro atoms. The van der Waals surface area contributed by atoms with E-state index in [4.69, 9.17) is 4.74 Å². The van der Waals surface area contributed by atoms with Crippen molar-refractivity contribution < 1.29 is 9.53 Å². The van der Waals surface area contributed by atoms with Crippen molar-refractivity contribution in [3.8, 4) is 5.75 Å². The number of nitrogens with one attached hydrogen (secondary N) is 1. The van der Waals surface area contributed by atoms with Gasteiger partial charge in [0.25, 0.3) is 5.91 Å². The SMILES string of the molecule is CC(Oc1ccccc1Br)C(=O)N1CCNCC1C. The van der Waals surface area contributed by atoms with Crippen molar-refractivity contribution in [3.63, 3.8) is 0 Å². The van der Waals surface area contributed by atoms with Crippen molar-refractivity contribution in [2.24, 2.45) is 0 Å². The predicted octanol–water partition coefficient (Wildman–Crippen LogP) is 2.04. The molecule has 1 aliphatic rings. The van der Waals surface area contributed by atoms with E-state index < -0.39 is 6.10 Å². The van der Waals surface area contributed by atoms with Crippen LogP contribution < -0.4 is 10.1 Å². The molecule has 19 heavy (non-hydrogen) atoms. The Kier molecular flexibility index (Phi) is 4.82. The lowest BCUT2D eigenvalue weighted by atomic mass is 10.2. The first-order valence-corrected chi connectivity index (χ1v) is 7.31. The monoisotopic (exact) mass is 326 g/mol. The molecular formula is C14H19BrN2O2. The van der Waals surface area contributed by atoms with E-state index in [-0.39, 0.29) is 11.9 Å². The van der Waals surface area contributed by atoms with E-state index in [9.17, 15) is 4.79 Å². The Labute approximate surface area is 122 Å². The van der Waals surface area contributed by atoms with E-state index >= 15 is 0 Å². The number of carbonyl (C=O) groups excluding carboxylic acids is 1. The quantitative estimate of drug-likeness (QED) is 0.924. The van der Waals surface area contributed by atoms with Crippen LogP contribution in [0.3, 0.4) is 0 Å². The van der Waals surface area contributed by atoms with Crippen molar-refractivity contribution >= 4 is 21.8 Å². The average Bonchev–Trinajstić information content (AvgIpc) is 2.41. The maximum absolute atomic E-state index is 12.4. The molecule has 0 bridgehead atoms. The fourth-order valence-corrected chi connectivity index (χ4v) is 2.56. The fourth-order valence-electron chi connectivity index (χ4n) is 2.18. The summed E-state index contributed by atoms with van der Waals surface area (Å²) in [5.74, 6) is 0.746. The third-order valence-electron chi connectivity index (χ3n) is 3.27. The maximum atomic E-state index is 12.4. The Morgan fingerprint density at radius 2 is 2.26 bits per heavy atom. The van der Waals surface area contributed by atoms with Crippen molar-refractivity contribution in [2.45, 2.75) is 26.0 Å². The first kappa shape index (κ1) is 14.3. The van der Waals surface area contributed by atoms with Crippen molar-refractivity contribution in [3.05, 3.63) is 28.7 Å². The van der Waals surface area contributed by atoms with Crippen LogP contribution in [0.1, 0.15) is 13.8 Å². The lowest BCUT2D eigenvalue weighted by Gasteiger charge is -2.35. The van der Waals surface area contributed by atoms with E-state index in [1.165, 1.54) is 0 Å². The van der Waals surface area contributed by atoms with Gasteiger partial charge in [0, 0.05) is 25.7 Å². The van der Waals surface area contributed by atoms with Crippen LogP contribution in [0.5, 0.6) is 5.75 Å². The molecule has 2 rings (SSSR count). The number of amides is 1. The van der Waals surface area contributed by atoms with E-state index in [1.807, 2.05) is 29.2 Å². The smallest absolute Gasteiger partial charge is 0.263 e. The predicted molar refractivity (Wildman–Crippen MR) is 78.3 cm³/mol. The van der Waals surface area contributed by atoms with Crippen molar-refractivity contribution in [1.29, 1.82) is 0 Å². The molecule has 1 amide bonds.